The summed E-state index contributed by atoms with van der Waals surface area (Å²) in [7, 11) is 0. The summed E-state index contributed by atoms with van der Waals surface area (Å²) in [6.45, 7) is 11.7. The largest absolute Gasteiger partial charge is 0.338 e. The van der Waals surface area contributed by atoms with E-state index in [9.17, 15) is 4.79 Å². The fraction of sp³-hybridized carbons (Fsp3) is 0.938. The zero-order valence-electron chi connectivity index (χ0n) is 13.4. The van der Waals surface area contributed by atoms with Gasteiger partial charge in [-0.1, -0.05) is 0 Å². The molecule has 2 fully saturated rings. The topological polar surface area (TPSA) is 29.2 Å². The second-order valence-electron chi connectivity index (χ2n) is 6.49. The summed E-state index contributed by atoms with van der Waals surface area (Å²) in [5.41, 5.74) is 0. The predicted molar refractivity (Wildman–Crippen MR) is 81.1 cm³/mol. The minimum atomic E-state index is 0.341. The third kappa shape index (κ3) is 4.19. The average molecular weight is 283 g/mol. The molecular weight excluding hydrogens is 250 g/mol. The van der Waals surface area contributed by atoms with Gasteiger partial charge in [0.05, 0.1) is 32.2 Å². The van der Waals surface area contributed by atoms with E-state index < -0.39 is 0 Å². The van der Waals surface area contributed by atoms with E-state index in [1.54, 1.807) is 0 Å². The van der Waals surface area contributed by atoms with E-state index in [2.05, 4.69) is 13.8 Å². The molecule has 0 bridgehead atoms. The molecule has 0 atom stereocenters. The van der Waals surface area contributed by atoms with Crippen molar-refractivity contribution in [2.24, 2.45) is 0 Å². The molecule has 116 valence electrons. The normalized spacial score (nSPS) is 28.3. The Kier molecular flexibility index (Phi) is 6.30. The molecule has 0 unspecified atom stereocenters. The van der Waals surface area contributed by atoms with E-state index in [4.69, 9.17) is 0 Å². The summed E-state index contributed by atoms with van der Waals surface area (Å²) in [6, 6.07) is 0.877. The van der Waals surface area contributed by atoms with Gasteiger partial charge in [0.1, 0.15) is 0 Å². The summed E-state index contributed by atoms with van der Waals surface area (Å²) >= 11 is 0. The molecular formula is C16H33N3O+2. The van der Waals surface area contributed by atoms with Gasteiger partial charge < -0.3 is 14.7 Å². The maximum atomic E-state index is 12.2. The highest BCUT2D eigenvalue weighted by molar-refractivity contribution is 5.77. The number of hydrogen-bond donors (Lipinski definition) is 2. The molecule has 20 heavy (non-hydrogen) atoms. The zero-order chi connectivity index (χ0) is 14.4. The van der Waals surface area contributed by atoms with E-state index >= 15 is 0 Å². The number of nitrogens with one attached hydrogen (secondary N) is 2. The molecule has 2 N–H and O–H groups in total. The Hall–Kier alpha value is -0.610. The second kappa shape index (κ2) is 7.99. The Balaban J connectivity index is 1.72. The number of piperidine rings is 2. The minimum absolute atomic E-state index is 0.341. The van der Waals surface area contributed by atoms with E-state index in [1.807, 2.05) is 9.80 Å². The van der Waals surface area contributed by atoms with Crippen LogP contribution in [0.3, 0.4) is 0 Å². The summed E-state index contributed by atoms with van der Waals surface area (Å²) in [6.07, 6.45) is 6.91. The predicted octanol–water partition coefficient (Wildman–Crippen LogP) is -1.03. The number of nitrogens with zero attached hydrogens (tertiary/aromatic N) is 1. The maximum absolute atomic E-state index is 12.2. The molecule has 2 saturated heterocycles. The van der Waals surface area contributed by atoms with Crippen molar-refractivity contribution in [2.45, 2.75) is 52.0 Å². The molecule has 2 aliphatic rings. The molecule has 0 aromatic heterocycles. The molecule has 2 aliphatic heterocycles. The van der Waals surface area contributed by atoms with Gasteiger partial charge in [-0.05, 0) is 33.1 Å². The van der Waals surface area contributed by atoms with Crippen molar-refractivity contribution in [1.82, 2.24) is 4.90 Å². The van der Waals surface area contributed by atoms with Crippen molar-refractivity contribution in [3.8, 4) is 0 Å². The van der Waals surface area contributed by atoms with Crippen LogP contribution in [-0.4, -0.2) is 62.7 Å². The number of carbonyl (C=O) groups excluding carboxylic acids is 1. The van der Waals surface area contributed by atoms with Gasteiger partial charge in [-0.15, -0.1) is 0 Å². The van der Waals surface area contributed by atoms with E-state index in [1.165, 1.54) is 63.2 Å². The quantitative estimate of drug-likeness (QED) is 0.664. The van der Waals surface area contributed by atoms with E-state index in [0.29, 0.717) is 12.5 Å². The number of amides is 1. The first-order valence-corrected chi connectivity index (χ1v) is 8.70. The highest BCUT2D eigenvalue weighted by atomic mass is 16.2. The van der Waals surface area contributed by atoms with Crippen LogP contribution in [0.15, 0.2) is 0 Å². The summed E-state index contributed by atoms with van der Waals surface area (Å²) in [4.78, 5) is 17.5. The summed E-state index contributed by atoms with van der Waals surface area (Å²) < 4.78 is 0. The van der Waals surface area contributed by atoms with Crippen molar-refractivity contribution >= 4 is 5.91 Å². The number of likely N-dealkylation sites (N-methyl/N-ethyl adjacent to an activating group) is 1. The van der Waals surface area contributed by atoms with Gasteiger partial charge in [0.2, 0.25) is 0 Å². The molecule has 0 spiro atoms. The van der Waals surface area contributed by atoms with Crippen molar-refractivity contribution in [1.29, 1.82) is 0 Å². The number of rotatable bonds is 5. The first kappa shape index (κ1) is 15.8. The van der Waals surface area contributed by atoms with Crippen LogP contribution in [0.25, 0.3) is 0 Å². The molecule has 0 saturated carbocycles. The average Bonchev–Trinajstić information content (AvgIpc) is 2.50. The van der Waals surface area contributed by atoms with Gasteiger partial charge in [-0.3, -0.25) is 4.79 Å². The van der Waals surface area contributed by atoms with Gasteiger partial charge in [-0.2, -0.15) is 0 Å². The van der Waals surface area contributed by atoms with Gasteiger partial charge in [0.15, 0.2) is 6.54 Å². The van der Waals surface area contributed by atoms with E-state index in [-0.39, 0.29) is 0 Å². The van der Waals surface area contributed by atoms with Crippen LogP contribution in [0.2, 0.25) is 0 Å². The number of quaternary nitrogens is 2. The van der Waals surface area contributed by atoms with Crippen LogP contribution in [0.4, 0.5) is 0 Å². The SMILES string of the molecule is CCN(CC)C(=O)C[NH+]1CCC([NH+]2CCCCC2)CC1. The smallest absolute Gasteiger partial charge is 0.277 e. The van der Waals surface area contributed by atoms with Crippen molar-refractivity contribution in [3.63, 3.8) is 0 Å². The monoisotopic (exact) mass is 283 g/mol. The van der Waals surface area contributed by atoms with Gasteiger partial charge >= 0.3 is 0 Å². The minimum Gasteiger partial charge on any atom is -0.338 e. The Labute approximate surface area is 124 Å². The Bertz CT molecular complexity index is 290. The third-order valence-corrected chi connectivity index (χ3v) is 5.28. The van der Waals surface area contributed by atoms with Crippen LogP contribution in [0.1, 0.15) is 46.0 Å². The molecule has 0 aliphatic carbocycles. The molecule has 4 heteroatoms. The highest BCUT2D eigenvalue weighted by Crippen LogP contribution is 2.01. The molecule has 0 aromatic rings. The standard InChI is InChI=1S/C16H31N3O/c1-3-18(4-2)16(20)14-17-12-8-15(9-13-17)19-10-6-5-7-11-19/h15H,3-14H2,1-2H3/p+2. The van der Waals surface area contributed by atoms with Gasteiger partial charge in [0, 0.05) is 25.9 Å². The maximum Gasteiger partial charge on any atom is 0.277 e. The first-order chi connectivity index (χ1) is 9.74. The van der Waals surface area contributed by atoms with Gasteiger partial charge in [0.25, 0.3) is 5.91 Å². The number of likely N-dealkylation sites (tertiary alicyclic amines) is 2. The third-order valence-electron chi connectivity index (χ3n) is 5.28. The van der Waals surface area contributed by atoms with Crippen molar-refractivity contribution in [3.05, 3.63) is 0 Å². The lowest BCUT2D eigenvalue weighted by atomic mass is 10.00. The van der Waals surface area contributed by atoms with Crippen LogP contribution in [-0.2, 0) is 4.79 Å². The summed E-state index contributed by atoms with van der Waals surface area (Å²) in [5.74, 6) is 0.341. The fourth-order valence-electron chi connectivity index (χ4n) is 3.93. The van der Waals surface area contributed by atoms with Crippen LogP contribution < -0.4 is 9.80 Å². The van der Waals surface area contributed by atoms with E-state index in [0.717, 1.165) is 19.1 Å². The molecule has 0 radical (unpaired) electrons. The number of carbonyl (C=O) groups is 1. The molecule has 4 nitrogen and oxygen atoms in total. The molecule has 1 amide bonds. The summed E-state index contributed by atoms with van der Waals surface area (Å²) in [5, 5.41) is 0. The van der Waals surface area contributed by atoms with Crippen LogP contribution >= 0.6 is 0 Å². The molecule has 2 heterocycles. The lowest BCUT2D eigenvalue weighted by Crippen LogP contribution is -3.21. The van der Waals surface area contributed by atoms with Crippen LogP contribution in [0.5, 0.6) is 0 Å². The zero-order valence-corrected chi connectivity index (χ0v) is 13.4. The van der Waals surface area contributed by atoms with Crippen molar-refractivity contribution < 1.29 is 14.6 Å². The fourth-order valence-corrected chi connectivity index (χ4v) is 3.93. The Morgan fingerprint density at radius 1 is 1.00 bits per heavy atom. The molecule has 2 rings (SSSR count). The van der Waals surface area contributed by atoms with Crippen LogP contribution in [0, 0.1) is 0 Å². The number of hydrogen-bond acceptors (Lipinski definition) is 1. The Morgan fingerprint density at radius 2 is 1.60 bits per heavy atom. The van der Waals surface area contributed by atoms with Gasteiger partial charge in [-0.25, -0.2) is 0 Å². The lowest BCUT2D eigenvalue weighted by Gasteiger charge is -2.36. The van der Waals surface area contributed by atoms with Crippen molar-refractivity contribution in [2.75, 3.05) is 45.8 Å². The Morgan fingerprint density at radius 3 is 2.15 bits per heavy atom. The second-order valence-corrected chi connectivity index (χ2v) is 6.49. The molecule has 0 aromatic carbocycles. The highest BCUT2D eigenvalue weighted by Gasteiger charge is 2.31. The first-order valence-electron chi connectivity index (χ1n) is 8.70. The lowest BCUT2D eigenvalue weighted by molar-refractivity contribution is -0.958.